The van der Waals surface area contributed by atoms with E-state index in [-0.39, 0.29) is 11.8 Å². The van der Waals surface area contributed by atoms with Crippen molar-refractivity contribution in [1.29, 1.82) is 0 Å². The van der Waals surface area contributed by atoms with Crippen LogP contribution in [0, 0.1) is 5.92 Å². The van der Waals surface area contributed by atoms with E-state index in [0.717, 1.165) is 30.6 Å². The Morgan fingerprint density at radius 1 is 0.800 bits per heavy atom. The van der Waals surface area contributed by atoms with Crippen molar-refractivity contribution in [2.24, 2.45) is 5.92 Å². The van der Waals surface area contributed by atoms with E-state index in [9.17, 15) is 9.59 Å². The first-order chi connectivity index (χ1) is 19.4. The normalized spacial score (nSPS) is 11.1. The highest BCUT2D eigenvalue weighted by Gasteiger charge is 2.21. The molecule has 2 heterocycles. The van der Waals surface area contributed by atoms with Crippen molar-refractivity contribution in [2.45, 2.75) is 59.7 Å². The number of carbonyl (C=O) groups excluding carboxylic acids is 2. The zero-order chi connectivity index (χ0) is 28.3. The van der Waals surface area contributed by atoms with Gasteiger partial charge < -0.3 is 18.8 Å². The molecule has 0 unspecified atom stereocenters. The average molecular weight is 540 g/mol. The van der Waals surface area contributed by atoms with Crippen LogP contribution in [0.3, 0.4) is 0 Å². The minimum Gasteiger partial charge on any atom is -0.454 e. The summed E-state index contributed by atoms with van der Waals surface area (Å²) in [6.45, 7) is 9.13. The predicted octanol–water partition coefficient (Wildman–Crippen LogP) is 6.80. The van der Waals surface area contributed by atoms with Crippen LogP contribution in [0.15, 0.2) is 95.5 Å². The maximum atomic E-state index is 13.6. The van der Waals surface area contributed by atoms with Crippen LogP contribution >= 0.6 is 0 Å². The summed E-state index contributed by atoms with van der Waals surface area (Å²) >= 11 is 0. The Balaban J connectivity index is 1.46. The van der Waals surface area contributed by atoms with Gasteiger partial charge in [0.1, 0.15) is 5.76 Å². The monoisotopic (exact) mass is 539 g/mol. The van der Waals surface area contributed by atoms with Crippen LogP contribution in [0.5, 0.6) is 0 Å². The number of benzene rings is 2. The molecule has 0 spiro atoms. The van der Waals surface area contributed by atoms with Crippen molar-refractivity contribution >= 4 is 11.8 Å². The first-order valence-corrected chi connectivity index (χ1v) is 14.3. The maximum Gasteiger partial charge on any atom is 0.289 e. The van der Waals surface area contributed by atoms with Gasteiger partial charge in [0.25, 0.3) is 5.91 Å². The molecule has 4 aromatic rings. The smallest absolute Gasteiger partial charge is 0.289 e. The van der Waals surface area contributed by atoms with Gasteiger partial charge in [-0.15, -0.1) is 0 Å². The van der Waals surface area contributed by atoms with Crippen molar-refractivity contribution in [3.63, 3.8) is 0 Å². The Kier molecular flexibility index (Phi) is 10.4. The second kappa shape index (κ2) is 14.4. The lowest BCUT2D eigenvalue weighted by atomic mass is 10.1. The first kappa shape index (κ1) is 28.9. The molecule has 0 aliphatic heterocycles. The highest BCUT2D eigenvalue weighted by Crippen LogP contribution is 2.18. The van der Waals surface area contributed by atoms with Gasteiger partial charge in [0.2, 0.25) is 5.91 Å². The van der Waals surface area contributed by atoms with Gasteiger partial charge in [0.15, 0.2) is 5.76 Å². The van der Waals surface area contributed by atoms with E-state index >= 15 is 0 Å². The molecule has 210 valence electrons. The minimum absolute atomic E-state index is 0.118. The molecule has 2 aromatic carbocycles. The molecule has 0 radical (unpaired) electrons. The molecule has 2 amide bonds. The lowest BCUT2D eigenvalue weighted by Crippen LogP contribution is -2.32. The second-order valence-corrected chi connectivity index (χ2v) is 10.8. The third-order valence-electron chi connectivity index (χ3n) is 6.92. The predicted molar refractivity (Wildman–Crippen MR) is 159 cm³/mol. The Morgan fingerprint density at radius 2 is 1.50 bits per heavy atom. The van der Waals surface area contributed by atoms with Gasteiger partial charge in [-0.2, -0.15) is 0 Å². The highest BCUT2D eigenvalue weighted by atomic mass is 16.4. The molecular weight excluding hydrogens is 498 g/mol. The Labute approximate surface area is 238 Å². The third kappa shape index (κ3) is 8.22. The van der Waals surface area contributed by atoms with Gasteiger partial charge >= 0.3 is 0 Å². The number of hydrogen-bond donors (Lipinski definition) is 0. The van der Waals surface area contributed by atoms with Crippen LogP contribution in [0.4, 0.5) is 0 Å². The van der Waals surface area contributed by atoms with Crippen molar-refractivity contribution in [1.82, 2.24) is 14.4 Å². The molecule has 4 rings (SSSR count). The molecule has 6 nitrogen and oxygen atoms in total. The van der Waals surface area contributed by atoms with Gasteiger partial charge in [-0.25, -0.2) is 0 Å². The summed E-state index contributed by atoms with van der Waals surface area (Å²) in [5.74, 6) is 1.44. The molecule has 0 N–H and O–H groups in total. The SMILES string of the molecule is CCCN(Cc1cccn1Cc1ccc(C(=O)N(CCc2ccccc2)Cc2ccccc2)o1)C(=O)CC(C)C. The molecule has 0 atom stereocenters. The molecule has 0 fully saturated rings. The molecule has 2 aromatic heterocycles. The molecule has 0 aliphatic rings. The average Bonchev–Trinajstić information content (AvgIpc) is 3.61. The number of aromatic nitrogens is 1. The largest absolute Gasteiger partial charge is 0.454 e. The van der Waals surface area contributed by atoms with Gasteiger partial charge in [-0.05, 0) is 54.2 Å². The quantitative estimate of drug-likeness (QED) is 0.177. The van der Waals surface area contributed by atoms with Gasteiger partial charge in [-0.3, -0.25) is 9.59 Å². The summed E-state index contributed by atoms with van der Waals surface area (Å²) in [5.41, 5.74) is 3.32. The fraction of sp³-hybridized carbons (Fsp3) is 0.353. The van der Waals surface area contributed by atoms with E-state index in [4.69, 9.17) is 4.42 Å². The summed E-state index contributed by atoms with van der Waals surface area (Å²) in [7, 11) is 0. The number of hydrogen-bond acceptors (Lipinski definition) is 3. The van der Waals surface area contributed by atoms with Crippen LogP contribution in [0.1, 0.15) is 66.7 Å². The van der Waals surface area contributed by atoms with Crippen molar-refractivity contribution in [2.75, 3.05) is 13.1 Å². The Morgan fingerprint density at radius 3 is 2.17 bits per heavy atom. The molecule has 0 aliphatic carbocycles. The van der Waals surface area contributed by atoms with E-state index < -0.39 is 0 Å². The van der Waals surface area contributed by atoms with Crippen LogP contribution < -0.4 is 0 Å². The summed E-state index contributed by atoms with van der Waals surface area (Å²) in [5, 5.41) is 0. The van der Waals surface area contributed by atoms with Gasteiger partial charge in [0.05, 0.1) is 13.1 Å². The zero-order valence-electron chi connectivity index (χ0n) is 24.0. The van der Waals surface area contributed by atoms with E-state index in [2.05, 4.69) is 37.5 Å². The highest BCUT2D eigenvalue weighted by molar-refractivity contribution is 5.91. The number of amides is 2. The first-order valence-electron chi connectivity index (χ1n) is 14.3. The van der Waals surface area contributed by atoms with Crippen LogP contribution in [0.25, 0.3) is 0 Å². The Hall–Kier alpha value is -4.06. The lowest BCUT2D eigenvalue weighted by molar-refractivity contribution is -0.132. The summed E-state index contributed by atoms with van der Waals surface area (Å²) in [4.78, 5) is 30.2. The number of furan rings is 1. The van der Waals surface area contributed by atoms with E-state index in [0.29, 0.717) is 50.0 Å². The maximum absolute atomic E-state index is 13.6. The van der Waals surface area contributed by atoms with E-state index in [1.54, 1.807) is 6.07 Å². The standard InChI is InChI=1S/C34H41N3O3/c1-4-20-36(33(38)23-27(2)3)25-30-16-11-21-35(30)26-31-17-18-32(40-31)34(39)37(24-29-14-9-6-10-15-29)22-19-28-12-7-5-8-13-28/h5-18,21,27H,4,19-20,22-26H2,1-3H3. The van der Waals surface area contributed by atoms with Crippen LogP contribution in [-0.2, 0) is 30.8 Å². The zero-order valence-corrected chi connectivity index (χ0v) is 24.0. The topological polar surface area (TPSA) is 58.7 Å². The fourth-order valence-electron chi connectivity index (χ4n) is 4.85. The molecule has 0 saturated carbocycles. The Bertz CT molecular complexity index is 1340. The van der Waals surface area contributed by atoms with E-state index in [1.165, 1.54) is 5.56 Å². The molecule has 0 saturated heterocycles. The number of nitrogens with zero attached hydrogens (tertiary/aromatic N) is 3. The fourth-order valence-corrected chi connectivity index (χ4v) is 4.85. The number of carbonyl (C=O) groups is 2. The number of rotatable bonds is 14. The van der Waals surface area contributed by atoms with Crippen molar-refractivity contribution in [3.05, 3.63) is 119 Å². The molecular formula is C34H41N3O3. The van der Waals surface area contributed by atoms with Crippen LogP contribution in [-0.4, -0.2) is 39.3 Å². The van der Waals surface area contributed by atoms with Crippen molar-refractivity contribution in [3.8, 4) is 0 Å². The van der Waals surface area contributed by atoms with E-state index in [1.807, 2.05) is 82.7 Å². The summed E-state index contributed by atoms with van der Waals surface area (Å²) in [6.07, 6.45) is 4.23. The summed E-state index contributed by atoms with van der Waals surface area (Å²) in [6, 6.07) is 28.0. The third-order valence-corrected chi connectivity index (χ3v) is 6.92. The minimum atomic E-state index is -0.118. The van der Waals surface area contributed by atoms with Gasteiger partial charge in [0, 0.05) is 37.9 Å². The second-order valence-electron chi connectivity index (χ2n) is 10.8. The van der Waals surface area contributed by atoms with Gasteiger partial charge in [-0.1, -0.05) is 81.4 Å². The van der Waals surface area contributed by atoms with Crippen LogP contribution in [0.2, 0.25) is 0 Å². The summed E-state index contributed by atoms with van der Waals surface area (Å²) < 4.78 is 8.20. The molecule has 6 heteroatoms. The lowest BCUT2D eigenvalue weighted by Gasteiger charge is -2.24. The van der Waals surface area contributed by atoms with Crippen molar-refractivity contribution < 1.29 is 14.0 Å². The molecule has 0 bridgehead atoms. The molecule has 40 heavy (non-hydrogen) atoms.